The number of benzene rings is 4. The summed E-state index contributed by atoms with van der Waals surface area (Å²) in [4.78, 5) is 0. The molecule has 0 bridgehead atoms. The lowest BCUT2D eigenvalue weighted by molar-refractivity contribution is -0.0694. The van der Waals surface area contributed by atoms with Crippen LogP contribution in [0.1, 0.15) is 63.4 Å². The molecule has 4 aliphatic carbocycles. The Morgan fingerprint density at radius 1 is 0.605 bits per heavy atom. The molecule has 2 saturated carbocycles. The van der Waals surface area contributed by atoms with Gasteiger partial charge in [0.25, 0.3) is 0 Å². The molecule has 0 N–H and O–H groups in total. The van der Waals surface area contributed by atoms with Crippen LogP contribution in [0.4, 0.5) is 0 Å². The minimum atomic E-state index is 0.447. The van der Waals surface area contributed by atoms with Crippen LogP contribution in [0.25, 0.3) is 38.2 Å². The summed E-state index contributed by atoms with van der Waals surface area (Å²) in [6, 6.07) is 29.4. The highest BCUT2D eigenvalue weighted by Crippen LogP contribution is 2.56. The van der Waals surface area contributed by atoms with E-state index in [0.717, 1.165) is 30.1 Å². The molecule has 2 fully saturated rings. The Kier molecular flexibility index (Phi) is 6.20. The molecule has 0 aromatic heterocycles. The van der Waals surface area contributed by atoms with Crippen LogP contribution in [-0.2, 0) is 4.74 Å². The number of hydrogen-bond acceptors (Lipinski definition) is 1. The lowest BCUT2D eigenvalue weighted by Crippen LogP contribution is -2.49. The molecule has 4 aromatic rings. The van der Waals surface area contributed by atoms with E-state index in [4.69, 9.17) is 4.74 Å². The molecule has 0 amide bonds. The molecule has 5 aliphatic rings. The molecule has 214 valence electrons. The van der Waals surface area contributed by atoms with Gasteiger partial charge in [-0.25, -0.2) is 0 Å². The predicted molar refractivity (Wildman–Crippen MR) is 180 cm³/mol. The molecular weight excluding hydrogens is 520 g/mol. The molecule has 0 saturated heterocycles. The summed E-state index contributed by atoms with van der Waals surface area (Å²) < 4.78 is 6.69. The number of hydrogen-bond donors (Lipinski definition) is 0. The van der Waals surface area contributed by atoms with Crippen LogP contribution in [0.3, 0.4) is 0 Å². The third-order valence-electron chi connectivity index (χ3n) is 11.6. The van der Waals surface area contributed by atoms with Gasteiger partial charge in [0, 0.05) is 5.92 Å². The predicted octanol–water partition coefficient (Wildman–Crippen LogP) is 11.2. The molecule has 1 heteroatoms. The average Bonchev–Trinajstić information content (AvgIpc) is 3.08. The normalized spacial score (nSPS) is 28.1. The highest BCUT2D eigenvalue weighted by atomic mass is 16.5. The smallest absolute Gasteiger partial charge is 0.118 e. The Morgan fingerprint density at radius 3 is 2.16 bits per heavy atom. The lowest BCUT2D eigenvalue weighted by Gasteiger charge is -2.53. The van der Waals surface area contributed by atoms with E-state index in [2.05, 4.69) is 103 Å². The number of ether oxygens (including phenoxy) is 1. The summed E-state index contributed by atoms with van der Waals surface area (Å²) in [6.07, 6.45) is 21.5. The minimum absolute atomic E-state index is 0.447. The summed E-state index contributed by atoms with van der Waals surface area (Å²) in [5.41, 5.74) is 8.82. The third kappa shape index (κ3) is 4.43. The highest BCUT2D eigenvalue weighted by Gasteiger charge is 2.50. The third-order valence-corrected chi connectivity index (χ3v) is 11.6. The van der Waals surface area contributed by atoms with Gasteiger partial charge in [-0.1, -0.05) is 90.9 Å². The Morgan fingerprint density at radius 2 is 1.35 bits per heavy atom. The number of allylic oxidation sites excluding steroid dienone is 7. The monoisotopic (exact) mass is 560 g/mol. The van der Waals surface area contributed by atoms with Gasteiger partial charge in [0.15, 0.2) is 0 Å². The van der Waals surface area contributed by atoms with Crippen molar-refractivity contribution >= 4 is 27.1 Å². The Hall–Kier alpha value is -3.84. The van der Waals surface area contributed by atoms with Crippen LogP contribution in [0, 0.1) is 23.7 Å². The first kappa shape index (κ1) is 25.6. The van der Waals surface area contributed by atoms with E-state index >= 15 is 0 Å². The maximum Gasteiger partial charge on any atom is 0.118 e. The molecule has 9 rings (SSSR count). The second kappa shape index (κ2) is 10.4. The Labute approximate surface area is 255 Å². The fourth-order valence-corrected chi connectivity index (χ4v) is 9.52. The van der Waals surface area contributed by atoms with Crippen molar-refractivity contribution in [3.8, 4) is 11.1 Å². The Balaban J connectivity index is 0.963. The fourth-order valence-electron chi connectivity index (χ4n) is 9.52. The summed E-state index contributed by atoms with van der Waals surface area (Å²) in [5, 5.41) is 5.23. The van der Waals surface area contributed by atoms with E-state index in [1.54, 1.807) is 11.1 Å². The first-order chi connectivity index (χ1) is 21.3. The van der Waals surface area contributed by atoms with Crippen molar-refractivity contribution in [2.24, 2.45) is 23.7 Å². The van der Waals surface area contributed by atoms with E-state index in [1.165, 1.54) is 101 Å². The maximum atomic E-state index is 6.69. The van der Waals surface area contributed by atoms with Gasteiger partial charge in [-0.3, -0.25) is 0 Å². The van der Waals surface area contributed by atoms with Crippen molar-refractivity contribution < 1.29 is 4.74 Å². The molecular formula is C42H40O. The first-order valence-electron chi connectivity index (χ1n) is 16.8. The van der Waals surface area contributed by atoms with Gasteiger partial charge in [0.1, 0.15) is 11.9 Å². The van der Waals surface area contributed by atoms with Gasteiger partial charge < -0.3 is 4.74 Å². The molecule has 1 aliphatic heterocycles. The van der Waals surface area contributed by atoms with Gasteiger partial charge >= 0.3 is 0 Å². The van der Waals surface area contributed by atoms with E-state index in [9.17, 15) is 0 Å². The molecule has 5 atom stereocenters. The molecule has 1 nitrogen and oxygen atoms in total. The minimum Gasteiger partial charge on any atom is -0.490 e. The second-order valence-electron chi connectivity index (χ2n) is 13.7. The summed E-state index contributed by atoms with van der Waals surface area (Å²) in [6.45, 7) is 0. The zero-order chi connectivity index (χ0) is 28.3. The van der Waals surface area contributed by atoms with Crippen LogP contribution < -0.4 is 0 Å². The van der Waals surface area contributed by atoms with Crippen molar-refractivity contribution in [2.45, 2.75) is 63.9 Å². The highest BCUT2D eigenvalue weighted by molar-refractivity contribution is 5.92. The van der Waals surface area contributed by atoms with Crippen molar-refractivity contribution in [1.82, 2.24) is 0 Å². The fraction of sp³-hybridized carbons (Fsp3) is 0.333. The van der Waals surface area contributed by atoms with Gasteiger partial charge in [-0.2, -0.15) is 0 Å². The molecule has 0 radical (unpaired) electrons. The van der Waals surface area contributed by atoms with Crippen LogP contribution in [0.5, 0.6) is 0 Å². The van der Waals surface area contributed by atoms with Crippen LogP contribution in [-0.4, -0.2) is 6.10 Å². The van der Waals surface area contributed by atoms with Crippen LogP contribution in [0.2, 0.25) is 0 Å². The van der Waals surface area contributed by atoms with Crippen LogP contribution in [0.15, 0.2) is 120 Å². The van der Waals surface area contributed by atoms with E-state index in [-0.39, 0.29) is 0 Å². The zero-order valence-electron chi connectivity index (χ0n) is 25.0. The molecule has 1 heterocycles. The summed E-state index contributed by atoms with van der Waals surface area (Å²) in [5.74, 6) is 4.31. The van der Waals surface area contributed by atoms with Gasteiger partial charge in [-0.15, -0.1) is 0 Å². The lowest BCUT2D eigenvalue weighted by atomic mass is 9.55. The number of fused-ring (bicyclic) bond motifs is 3. The topological polar surface area (TPSA) is 9.23 Å². The van der Waals surface area contributed by atoms with Crippen LogP contribution >= 0.6 is 0 Å². The molecule has 43 heavy (non-hydrogen) atoms. The molecule has 0 spiro atoms. The van der Waals surface area contributed by atoms with Crippen molar-refractivity contribution in [2.75, 3.05) is 0 Å². The quantitative estimate of drug-likeness (QED) is 0.242. The van der Waals surface area contributed by atoms with Crippen molar-refractivity contribution in [1.29, 1.82) is 0 Å². The molecule has 4 aromatic carbocycles. The second-order valence-corrected chi connectivity index (χ2v) is 13.7. The number of rotatable bonds is 3. The van der Waals surface area contributed by atoms with Crippen molar-refractivity contribution in [3.63, 3.8) is 0 Å². The molecule has 5 unspecified atom stereocenters. The first-order valence-corrected chi connectivity index (χ1v) is 16.8. The summed E-state index contributed by atoms with van der Waals surface area (Å²) >= 11 is 0. The summed E-state index contributed by atoms with van der Waals surface area (Å²) in [7, 11) is 0. The zero-order valence-corrected chi connectivity index (χ0v) is 25.0. The van der Waals surface area contributed by atoms with Gasteiger partial charge in [-0.05, 0) is 143 Å². The largest absolute Gasteiger partial charge is 0.490 e. The van der Waals surface area contributed by atoms with E-state index in [0.29, 0.717) is 6.10 Å². The Bertz CT molecular complexity index is 1860. The van der Waals surface area contributed by atoms with Crippen molar-refractivity contribution in [3.05, 3.63) is 126 Å². The maximum absolute atomic E-state index is 6.69. The van der Waals surface area contributed by atoms with Gasteiger partial charge in [0.2, 0.25) is 0 Å². The standard InChI is InChI=1S/C42H40O/c1-2-7-30-24-32(17-14-27(30)6-1)35-21-20-33-25-31(18-19-34(33)26-35)28-12-15-29(16-13-28)36-22-23-41-42-38(36)9-5-10-39(42)37-8-3-4-11-40(37)43-41/h1-2,4,6-7,11-12,14-15,17-21,24-26,36,38-39,41-42H,3,5,8-10,13,16,22-23H2. The van der Waals surface area contributed by atoms with E-state index < -0.39 is 0 Å². The van der Waals surface area contributed by atoms with Gasteiger partial charge in [0.05, 0.1) is 0 Å². The average molecular weight is 561 g/mol. The SMILES string of the molecule is C1=CC2=C(CC1)C1CCCC3C(C4=CC=C(c5ccc6cc(-c7ccc8ccccc8c7)ccc6c5)CC4)CCC(O2)C13. The van der Waals surface area contributed by atoms with E-state index in [1.807, 2.05) is 0 Å².